The van der Waals surface area contributed by atoms with Crippen molar-refractivity contribution < 1.29 is 0 Å². The molecule has 2 N–H and O–H groups in total. The molecule has 0 spiro atoms. The molecule has 0 bridgehead atoms. The highest BCUT2D eigenvalue weighted by molar-refractivity contribution is 5.70. The van der Waals surface area contributed by atoms with Crippen LogP contribution in [0.15, 0.2) is 60.9 Å². The van der Waals surface area contributed by atoms with Crippen LogP contribution in [-0.2, 0) is 0 Å². The summed E-state index contributed by atoms with van der Waals surface area (Å²) in [4.78, 5) is 0. The Labute approximate surface area is 185 Å². The van der Waals surface area contributed by atoms with Crippen LogP contribution in [0.2, 0.25) is 0 Å². The number of benzene rings is 1. The Kier molecular flexibility index (Phi) is 8.18. The fraction of sp³-hybridized carbons (Fsp3) is 0.500. The van der Waals surface area contributed by atoms with Gasteiger partial charge in [-0.05, 0) is 87.1 Å². The topological polar surface area (TPSA) is 24.1 Å². The molecule has 1 aromatic rings. The van der Waals surface area contributed by atoms with Crippen LogP contribution in [0.25, 0.3) is 5.70 Å². The normalized spacial score (nSPS) is 20.3. The van der Waals surface area contributed by atoms with E-state index in [2.05, 4.69) is 89.3 Å². The molecule has 0 radical (unpaired) electrons. The summed E-state index contributed by atoms with van der Waals surface area (Å²) in [5.41, 5.74) is 8.27. The SMILES string of the molecule is C=C(C)C(=C)NC1CCCC(N/C(=C/C(=C)C(C)(C)C)c2cc(C)ccc2C)CC1. The third-order valence-corrected chi connectivity index (χ3v) is 6.19. The Morgan fingerprint density at radius 2 is 1.57 bits per heavy atom. The van der Waals surface area contributed by atoms with Crippen molar-refractivity contribution in [3.05, 3.63) is 77.5 Å². The van der Waals surface area contributed by atoms with Crippen LogP contribution in [0.3, 0.4) is 0 Å². The van der Waals surface area contributed by atoms with E-state index in [9.17, 15) is 0 Å². The summed E-state index contributed by atoms with van der Waals surface area (Å²) in [6, 6.07) is 7.65. The maximum Gasteiger partial charge on any atom is 0.0421 e. The van der Waals surface area contributed by atoms with Gasteiger partial charge in [-0.15, -0.1) is 0 Å². The first-order valence-corrected chi connectivity index (χ1v) is 11.3. The molecule has 0 heterocycles. The molecule has 0 aliphatic heterocycles. The molecule has 2 heteroatoms. The Balaban J connectivity index is 2.21. The van der Waals surface area contributed by atoms with Crippen molar-refractivity contribution in [1.82, 2.24) is 10.6 Å². The van der Waals surface area contributed by atoms with Crippen LogP contribution in [0.1, 0.15) is 76.5 Å². The first-order chi connectivity index (χ1) is 14.0. The minimum atomic E-state index is 0.0477. The molecule has 1 saturated carbocycles. The molecule has 0 aromatic heterocycles. The Hall–Kier alpha value is -2.22. The Morgan fingerprint density at radius 1 is 0.967 bits per heavy atom. The van der Waals surface area contributed by atoms with Gasteiger partial charge in [-0.25, -0.2) is 0 Å². The van der Waals surface area contributed by atoms with Crippen molar-refractivity contribution in [3.8, 4) is 0 Å². The lowest BCUT2D eigenvalue weighted by Gasteiger charge is -2.25. The smallest absolute Gasteiger partial charge is 0.0421 e. The first-order valence-electron chi connectivity index (χ1n) is 11.3. The van der Waals surface area contributed by atoms with E-state index in [1.165, 1.54) is 41.6 Å². The zero-order chi connectivity index (χ0) is 22.5. The summed E-state index contributed by atoms with van der Waals surface area (Å²) in [5, 5.41) is 7.49. The van der Waals surface area contributed by atoms with Crippen LogP contribution < -0.4 is 10.6 Å². The van der Waals surface area contributed by atoms with Gasteiger partial charge >= 0.3 is 0 Å². The summed E-state index contributed by atoms with van der Waals surface area (Å²) in [7, 11) is 0. The average Bonchev–Trinajstić information content (AvgIpc) is 2.87. The zero-order valence-corrected chi connectivity index (χ0v) is 20.1. The molecule has 1 aliphatic carbocycles. The minimum Gasteiger partial charge on any atom is -0.383 e. The quantitative estimate of drug-likeness (QED) is 0.369. The van der Waals surface area contributed by atoms with E-state index in [4.69, 9.17) is 0 Å². The van der Waals surface area contributed by atoms with E-state index in [0.29, 0.717) is 12.1 Å². The standard InChI is InChI=1S/C28H42N2/c1-19(2)23(6)29-24-11-10-12-25(16-15-24)30-27(18-22(5)28(7,8)9)26-17-20(3)13-14-21(26)4/h13-14,17-18,24-25,29-30H,1,5-6,10-12,15-16H2,2-4,7-9H3/b27-18+. The molecular weight excluding hydrogens is 364 g/mol. The maximum atomic E-state index is 4.37. The van der Waals surface area contributed by atoms with Crippen LogP contribution in [0.4, 0.5) is 0 Å². The molecule has 1 aliphatic rings. The Bertz CT molecular complexity index is 820. The van der Waals surface area contributed by atoms with Crippen LogP contribution in [-0.4, -0.2) is 12.1 Å². The molecule has 2 unspecified atom stereocenters. The van der Waals surface area contributed by atoms with E-state index in [-0.39, 0.29) is 5.41 Å². The van der Waals surface area contributed by atoms with Crippen LogP contribution >= 0.6 is 0 Å². The third-order valence-electron chi connectivity index (χ3n) is 6.19. The van der Waals surface area contributed by atoms with Gasteiger partial charge in [0.1, 0.15) is 0 Å². The number of hydrogen-bond acceptors (Lipinski definition) is 2. The molecule has 2 atom stereocenters. The number of hydrogen-bond donors (Lipinski definition) is 2. The van der Waals surface area contributed by atoms with Crippen molar-refractivity contribution in [1.29, 1.82) is 0 Å². The largest absolute Gasteiger partial charge is 0.383 e. The number of allylic oxidation sites excluding steroid dienone is 3. The van der Waals surface area contributed by atoms with Gasteiger partial charge in [0.15, 0.2) is 0 Å². The second-order valence-electron chi connectivity index (χ2n) is 10.1. The highest BCUT2D eigenvalue weighted by Crippen LogP contribution is 2.30. The van der Waals surface area contributed by atoms with Gasteiger partial charge in [0.25, 0.3) is 0 Å². The highest BCUT2D eigenvalue weighted by Gasteiger charge is 2.21. The Morgan fingerprint density at radius 3 is 2.13 bits per heavy atom. The molecule has 2 rings (SSSR count). The van der Waals surface area contributed by atoms with Gasteiger partial charge in [-0.1, -0.05) is 58.2 Å². The molecular formula is C28H42N2. The van der Waals surface area contributed by atoms with E-state index >= 15 is 0 Å². The van der Waals surface area contributed by atoms with E-state index in [1.54, 1.807) is 0 Å². The molecule has 0 saturated heterocycles. The predicted molar refractivity (Wildman–Crippen MR) is 133 cm³/mol. The molecule has 0 amide bonds. The van der Waals surface area contributed by atoms with Gasteiger partial charge in [0.05, 0.1) is 0 Å². The maximum absolute atomic E-state index is 4.37. The predicted octanol–water partition coefficient (Wildman–Crippen LogP) is 7.22. The molecule has 1 aromatic carbocycles. The molecule has 1 fully saturated rings. The number of rotatable bonds is 7. The summed E-state index contributed by atoms with van der Waals surface area (Å²) in [6.07, 6.45) is 8.13. The third kappa shape index (κ3) is 6.93. The van der Waals surface area contributed by atoms with Crippen molar-refractivity contribution in [2.24, 2.45) is 5.41 Å². The summed E-state index contributed by atoms with van der Waals surface area (Å²) in [6.45, 7) is 25.5. The second kappa shape index (κ2) is 10.2. The van der Waals surface area contributed by atoms with Crippen molar-refractivity contribution in [2.45, 2.75) is 85.7 Å². The lowest BCUT2D eigenvalue weighted by atomic mass is 9.86. The van der Waals surface area contributed by atoms with Crippen LogP contribution in [0, 0.1) is 19.3 Å². The van der Waals surface area contributed by atoms with Gasteiger partial charge in [-0.3, -0.25) is 0 Å². The highest BCUT2D eigenvalue weighted by atomic mass is 15.0. The fourth-order valence-corrected chi connectivity index (χ4v) is 3.79. The van der Waals surface area contributed by atoms with Gasteiger partial charge in [0, 0.05) is 29.0 Å². The van der Waals surface area contributed by atoms with Crippen molar-refractivity contribution in [2.75, 3.05) is 0 Å². The van der Waals surface area contributed by atoms with E-state index < -0.39 is 0 Å². The fourth-order valence-electron chi connectivity index (χ4n) is 3.79. The lowest BCUT2D eigenvalue weighted by Crippen LogP contribution is -2.30. The minimum absolute atomic E-state index is 0.0477. The second-order valence-corrected chi connectivity index (χ2v) is 10.1. The summed E-state index contributed by atoms with van der Waals surface area (Å²) in [5.74, 6) is 0. The summed E-state index contributed by atoms with van der Waals surface area (Å²) >= 11 is 0. The average molecular weight is 407 g/mol. The van der Waals surface area contributed by atoms with Crippen LogP contribution in [0.5, 0.6) is 0 Å². The number of nitrogens with one attached hydrogen (secondary N) is 2. The molecule has 30 heavy (non-hydrogen) atoms. The van der Waals surface area contributed by atoms with Crippen molar-refractivity contribution >= 4 is 5.70 Å². The number of aryl methyl sites for hydroxylation is 2. The molecule has 2 nitrogen and oxygen atoms in total. The first kappa shape index (κ1) is 24.1. The molecule has 164 valence electrons. The van der Waals surface area contributed by atoms with E-state index in [1.807, 2.05) is 6.92 Å². The van der Waals surface area contributed by atoms with Gasteiger partial charge in [-0.2, -0.15) is 0 Å². The monoisotopic (exact) mass is 406 g/mol. The van der Waals surface area contributed by atoms with E-state index in [0.717, 1.165) is 29.7 Å². The zero-order valence-electron chi connectivity index (χ0n) is 20.1. The van der Waals surface area contributed by atoms with Gasteiger partial charge < -0.3 is 10.6 Å². The summed E-state index contributed by atoms with van der Waals surface area (Å²) < 4.78 is 0. The van der Waals surface area contributed by atoms with Crippen molar-refractivity contribution in [3.63, 3.8) is 0 Å². The van der Waals surface area contributed by atoms with Gasteiger partial charge in [0.2, 0.25) is 0 Å². The lowest BCUT2D eigenvalue weighted by molar-refractivity contribution is 0.489.